The van der Waals surface area contributed by atoms with Gasteiger partial charge in [0.25, 0.3) is 0 Å². The van der Waals surface area contributed by atoms with Gasteiger partial charge in [0.2, 0.25) is 0 Å². The molecule has 0 fully saturated rings. The third kappa shape index (κ3) is 4.12. The quantitative estimate of drug-likeness (QED) is 0.169. The summed E-state index contributed by atoms with van der Waals surface area (Å²) in [6.07, 6.45) is 0. The molecule has 0 heterocycles. The predicted molar refractivity (Wildman–Crippen MR) is 213 cm³/mol. The molecule has 0 saturated carbocycles. The largest absolute Gasteiger partial charge is 0.0619 e. The second-order valence-electron chi connectivity index (χ2n) is 15.3. The van der Waals surface area contributed by atoms with E-state index in [0.29, 0.717) is 0 Å². The first kappa shape index (κ1) is 29.2. The lowest BCUT2D eigenvalue weighted by Crippen LogP contribution is -2.15. The second-order valence-corrected chi connectivity index (χ2v) is 15.3. The van der Waals surface area contributed by atoms with E-state index in [1.165, 1.54) is 99.4 Å². The molecule has 0 bridgehead atoms. The lowest BCUT2D eigenvalue weighted by molar-refractivity contribution is 0.659. The Kier molecular flexibility index (Phi) is 6.07. The Morgan fingerprint density at radius 1 is 0.280 bits per heavy atom. The van der Waals surface area contributed by atoms with Crippen LogP contribution < -0.4 is 0 Å². The molecule has 0 atom stereocenters. The van der Waals surface area contributed by atoms with Crippen LogP contribution in [0.3, 0.4) is 0 Å². The van der Waals surface area contributed by atoms with E-state index in [1.807, 2.05) is 0 Å². The van der Waals surface area contributed by atoms with E-state index >= 15 is 0 Å². The third-order valence-corrected chi connectivity index (χ3v) is 11.9. The molecule has 10 rings (SSSR count). The van der Waals surface area contributed by atoms with Gasteiger partial charge in [0.15, 0.2) is 0 Å². The van der Waals surface area contributed by atoms with Crippen molar-refractivity contribution in [2.24, 2.45) is 0 Å². The van der Waals surface area contributed by atoms with Gasteiger partial charge in [-0.1, -0.05) is 161 Å². The minimum Gasteiger partial charge on any atom is -0.0619 e. The smallest absolute Gasteiger partial charge is 0.0159 e. The molecule has 8 aromatic carbocycles. The standard InChI is InChI=1S/C50H38/c1-49(2)45-16-10-9-15-40(45)41-25-22-34(29-46(41)49)35-23-26-43-42-24-21-33(28-47(42)50(3,4)48(43)30-35)31-17-19-32(20-18-31)44-27-36-11-5-6-12-37(36)38-13-7-8-14-39(38)44/h5-30H,1-4H3. The second kappa shape index (κ2) is 10.4. The lowest BCUT2D eigenvalue weighted by atomic mass is 9.80. The highest BCUT2D eigenvalue weighted by atomic mass is 14.4. The van der Waals surface area contributed by atoms with Gasteiger partial charge in [-0.15, -0.1) is 0 Å². The molecule has 0 saturated heterocycles. The van der Waals surface area contributed by atoms with Gasteiger partial charge in [0, 0.05) is 10.8 Å². The van der Waals surface area contributed by atoms with E-state index in [1.54, 1.807) is 0 Å². The number of fused-ring (bicyclic) bond motifs is 9. The van der Waals surface area contributed by atoms with Crippen molar-refractivity contribution in [1.29, 1.82) is 0 Å². The Labute approximate surface area is 294 Å². The van der Waals surface area contributed by atoms with Gasteiger partial charge < -0.3 is 0 Å². The first-order valence-electron chi connectivity index (χ1n) is 17.8. The van der Waals surface area contributed by atoms with Crippen LogP contribution in [0.4, 0.5) is 0 Å². The number of rotatable bonds is 3. The summed E-state index contributed by atoms with van der Waals surface area (Å²) in [5.41, 5.74) is 18.6. The van der Waals surface area contributed by atoms with Crippen molar-refractivity contribution < 1.29 is 0 Å². The Morgan fingerprint density at radius 2 is 0.700 bits per heavy atom. The van der Waals surface area contributed by atoms with Crippen LogP contribution in [-0.2, 0) is 10.8 Å². The average Bonchev–Trinajstić information content (AvgIpc) is 3.53. The summed E-state index contributed by atoms with van der Waals surface area (Å²) in [4.78, 5) is 0. The summed E-state index contributed by atoms with van der Waals surface area (Å²) in [6.45, 7) is 9.50. The molecule has 0 radical (unpaired) electrons. The Bertz CT molecular complexity index is 2680. The van der Waals surface area contributed by atoms with Gasteiger partial charge in [-0.3, -0.25) is 0 Å². The van der Waals surface area contributed by atoms with Crippen molar-refractivity contribution in [1.82, 2.24) is 0 Å². The van der Waals surface area contributed by atoms with Gasteiger partial charge in [-0.2, -0.15) is 0 Å². The van der Waals surface area contributed by atoms with E-state index in [9.17, 15) is 0 Å². The zero-order valence-corrected chi connectivity index (χ0v) is 29.0. The topological polar surface area (TPSA) is 0 Å². The highest BCUT2D eigenvalue weighted by Crippen LogP contribution is 2.52. The van der Waals surface area contributed by atoms with Gasteiger partial charge in [-0.05, 0) is 124 Å². The van der Waals surface area contributed by atoms with Crippen LogP contribution in [0.2, 0.25) is 0 Å². The summed E-state index contributed by atoms with van der Waals surface area (Å²) in [6, 6.07) is 59.2. The zero-order valence-electron chi connectivity index (χ0n) is 29.0. The average molecular weight is 639 g/mol. The van der Waals surface area contributed by atoms with Gasteiger partial charge in [-0.25, -0.2) is 0 Å². The molecule has 0 spiro atoms. The molecule has 0 heteroatoms. The lowest BCUT2D eigenvalue weighted by Gasteiger charge is -2.23. The van der Waals surface area contributed by atoms with Gasteiger partial charge >= 0.3 is 0 Å². The van der Waals surface area contributed by atoms with Gasteiger partial charge in [0.05, 0.1) is 0 Å². The molecular weight excluding hydrogens is 601 g/mol. The third-order valence-electron chi connectivity index (χ3n) is 11.9. The van der Waals surface area contributed by atoms with Crippen LogP contribution in [0, 0.1) is 0 Å². The summed E-state index contributed by atoms with van der Waals surface area (Å²) in [7, 11) is 0. The molecule has 0 aromatic heterocycles. The molecule has 0 amide bonds. The summed E-state index contributed by atoms with van der Waals surface area (Å²) < 4.78 is 0. The minimum absolute atomic E-state index is 0.00790. The fourth-order valence-electron chi connectivity index (χ4n) is 9.12. The molecule has 50 heavy (non-hydrogen) atoms. The predicted octanol–water partition coefficient (Wildman–Crippen LogP) is 13.6. The van der Waals surface area contributed by atoms with Crippen molar-refractivity contribution in [3.8, 4) is 55.6 Å². The molecule has 0 aliphatic heterocycles. The maximum Gasteiger partial charge on any atom is 0.0159 e. The van der Waals surface area contributed by atoms with E-state index < -0.39 is 0 Å². The Balaban J connectivity index is 0.994. The maximum absolute atomic E-state index is 2.45. The van der Waals surface area contributed by atoms with Crippen molar-refractivity contribution in [3.63, 3.8) is 0 Å². The highest BCUT2D eigenvalue weighted by Gasteiger charge is 2.37. The van der Waals surface area contributed by atoms with Crippen LogP contribution in [0.15, 0.2) is 158 Å². The van der Waals surface area contributed by atoms with Crippen LogP contribution in [-0.4, -0.2) is 0 Å². The summed E-state index contributed by atoms with van der Waals surface area (Å²) in [5, 5.41) is 5.18. The molecule has 0 N–H and O–H groups in total. The molecule has 8 aromatic rings. The van der Waals surface area contributed by atoms with Crippen molar-refractivity contribution in [2.75, 3.05) is 0 Å². The van der Waals surface area contributed by atoms with Gasteiger partial charge in [0.1, 0.15) is 0 Å². The number of hydrogen-bond donors (Lipinski definition) is 0. The normalized spacial score (nSPS) is 14.7. The minimum atomic E-state index is -0.104. The van der Waals surface area contributed by atoms with Crippen LogP contribution >= 0.6 is 0 Å². The fraction of sp³-hybridized carbons (Fsp3) is 0.120. The van der Waals surface area contributed by atoms with E-state index in [2.05, 4.69) is 185 Å². The zero-order chi connectivity index (χ0) is 33.8. The summed E-state index contributed by atoms with van der Waals surface area (Å²) >= 11 is 0. The van der Waals surface area contributed by atoms with Crippen LogP contribution in [0.25, 0.3) is 77.2 Å². The molecule has 0 nitrogen and oxygen atoms in total. The first-order chi connectivity index (χ1) is 24.3. The van der Waals surface area contributed by atoms with Crippen LogP contribution in [0.5, 0.6) is 0 Å². The monoisotopic (exact) mass is 638 g/mol. The fourth-order valence-corrected chi connectivity index (χ4v) is 9.12. The molecular formula is C50H38. The summed E-state index contributed by atoms with van der Waals surface area (Å²) in [5.74, 6) is 0. The highest BCUT2D eigenvalue weighted by molar-refractivity contribution is 6.13. The van der Waals surface area contributed by atoms with E-state index in [-0.39, 0.29) is 10.8 Å². The van der Waals surface area contributed by atoms with E-state index in [4.69, 9.17) is 0 Å². The molecule has 2 aliphatic carbocycles. The maximum atomic E-state index is 2.45. The molecule has 238 valence electrons. The van der Waals surface area contributed by atoms with Crippen molar-refractivity contribution in [3.05, 3.63) is 180 Å². The number of benzene rings is 8. The molecule has 2 aliphatic rings. The Morgan fingerprint density at radius 3 is 1.32 bits per heavy atom. The molecule has 0 unspecified atom stereocenters. The van der Waals surface area contributed by atoms with Crippen molar-refractivity contribution in [2.45, 2.75) is 38.5 Å². The Hall–Kier alpha value is -5.72. The van der Waals surface area contributed by atoms with E-state index in [0.717, 1.165) is 0 Å². The number of hydrogen-bond acceptors (Lipinski definition) is 0. The van der Waals surface area contributed by atoms with Crippen molar-refractivity contribution >= 4 is 21.5 Å². The SMILES string of the molecule is CC1(C)c2ccccc2-c2ccc(-c3ccc4c(c3)C(C)(C)c3cc(-c5ccc(-c6cc7ccccc7c7ccccc67)cc5)ccc3-4)cc21. The van der Waals surface area contributed by atoms with Crippen LogP contribution in [0.1, 0.15) is 49.9 Å². The first-order valence-corrected chi connectivity index (χ1v) is 17.8.